The Morgan fingerprint density at radius 2 is 2.22 bits per heavy atom. The van der Waals surface area contributed by atoms with Crippen molar-refractivity contribution in [2.24, 2.45) is 4.99 Å². The smallest absolute Gasteiger partial charge is 0.150 e. The SMILES string of the molecule is C=C/C(=C\N=C(C)c1ccc(F)cc1C=O)OC. The van der Waals surface area contributed by atoms with E-state index in [-0.39, 0.29) is 5.56 Å². The summed E-state index contributed by atoms with van der Waals surface area (Å²) < 4.78 is 17.9. The number of halogens is 1. The van der Waals surface area contributed by atoms with Crippen molar-refractivity contribution in [3.05, 3.63) is 59.8 Å². The van der Waals surface area contributed by atoms with Crippen molar-refractivity contribution in [3.63, 3.8) is 0 Å². The van der Waals surface area contributed by atoms with Gasteiger partial charge in [0.05, 0.1) is 13.3 Å². The highest BCUT2D eigenvalue weighted by atomic mass is 19.1. The third-order valence-electron chi connectivity index (χ3n) is 2.35. The van der Waals surface area contributed by atoms with Gasteiger partial charge in [-0.3, -0.25) is 9.79 Å². The van der Waals surface area contributed by atoms with Crippen molar-refractivity contribution >= 4 is 12.0 Å². The van der Waals surface area contributed by atoms with Gasteiger partial charge in [-0.1, -0.05) is 6.58 Å². The van der Waals surface area contributed by atoms with Gasteiger partial charge in [-0.15, -0.1) is 0 Å². The van der Waals surface area contributed by atoms with Crippen LogP contribution in [0, 0.1) is 5.82 Å². The molecule has 0 amide bonds. The highest BCUT2D eigenvalue weighted by Gasteiger charge is 2.05. The number of benzene rings is 1. The molecule has 0 spiro atoms. The van der Waals surface area contributed by atoms with Crippen LogP contribution in [0.15, 0.2) is 47.8 Å². The number of rotatable bonds is 5. The van der Waals surface area contributed by atoms with E-state index in [9.17, 15) is 9.18 Å². The number of aldehydes is 1. The second-order valence-corrected chi connectivity index (χ2v) is 3.50. The fourth-order valence-electron chi connectivity index (χ4n) is 1.38. The van der Waals surface area contributed by atoms with E-state index in [1.807, 2.05) is 0 Å². The van der Waals surface area contributed by atoms with Crippen LogP contribution in [0.2, 0.25) is 0 Å². The maximum atomic E-state index is 13.0. The van der Waals surface area contributed by atoms with Gasteiger partial charge in [0.25, 0.3) is 0 Å². The van der Waals surface area contributed by atoms with Crippen LogP contribution in [-0.4, -0.2) is 19.1 Å². The van der Waals surface area contributed by atoms with Crippen molar-refractivity contribution in [1.29, 1.82) is 0 Å². The quantitative estimate of drug-likeness (QED) is 0.347. The third kappa shape index (κ3) is 3.38. The summed E-state index contributed by atoms with van der Waals surface area (Å²) in [7, 11) is 1.51. The van der Waals surface area contributed by atoms with E-state index in [0.29, 0.717) is 23.3 Å². The molecule has 0 atom stereocenters. The van der Waals surface area contributed by atoms with Crippen molar-refractivity contribution < 1.29 is 13.9 Å². The van der Waals surface area contributed by atoms with Gasteiger partial charge in [-0.25, -0.2) is 4.39 Å². The molecular formula is C14H14FNO2. The van der Waals surface area contributed by atoms with Crippen LogP contribution in [0.5, 0.6) is 0 Å². The van der Waals surface area contributed by atoms with Crippen molar-refractivity contribution in [1.82, 2.24) is 0 Å². The third-order valence-corrected chi connectivity index (χ3v) is 2.35. The molecule has 1 aromatic rings. The second kappa shape index (κ2) is 6.49. The fourth-order valence-corrected chi connectivity index (χ4v) is 1.38. The molecule has 94 valence electrons. The molecule has 0 aromatic heterocycles. The van der Waals surface area contributed by atoms with Crippen molar-refractivity contribution in [2.75, 3.05) is 7.11 Å². The first-order chi connectivity index (χ1) is 8.62. The summed E-state index contributed by atoms with van der Waals surface area (Å²) in [6, 6.07) is 3.98. The van der Waals surface area contributed by atoms with E-state index in [1.165, 1.54) is 37.6 Å². The molecule has 0 aliphatic carbocycles. The first-order valence-corrected chi connectivity index (χ1v) is 5.28. The first-order valence-electron chi connectivity index (χ1n) is 5.28. The molecule has 0 saturated heterocycles. The van der Waals surface area contributed by atoms with Gasteiger partial charge in [0.1, 0.15) is 11.6 Å². The Bertz CT molecular complexity index is 519. The van der Waals surface area contributed by atoms with E-state index < -0.39 is 5.82 Å². The molecule has 4 heteroatoms. The predicted molar refractivity (Wildman–Crippen MR) is 69.3 cm³/mol. The Hall–Kier alpha value is -2.23. The van der Waals surface area contributed by atoms with Crippen LogP contribution in [0.25, 0.3) is 0 Å². The van der Waals surface area contributed by atoms with Crippen LogP contribution in [-0.2, 0) is 4.74 Å². The minimum atomic E-state index is -0.451. The number of aliphatic imine (C=N–C) groups is 1. The van der Waals surface area contributed by atoms with Gasteiger partial charge in [0, 0.05) is 16.8 Å². The number of nitrogens with zero attached hydrogens (tertiary/aromatic N) is 1. The molecule has 1 aromatic carbocycles. The average Bonchev–Trinajstić information content (AvgIpc) is 2.39. The standard InChI is InChI=1S/C14H14FNO2/c1-4-13(18-3)8-16-10(2)14-6-5-12(15)7-11(14)9-17/h4-9H,1H2,2-3H3/b13-8+,16-10?. The number of hydrogen-bond donors (Lipinski definition) is 0. The molecule has 18 heavy (non-hydrogen) atoms. The number of hydrogen-bond acceptors (Lipinski definition) is 3. The highest BCUT2D eigenvalue weighted by molar-refractivity contribution is 6.04. The summed E-state index contributed by atoms with van der Waals surface area (Å²) in [6.07, 6.45) is 3.61. The van der Waals surface area contributed by atoms with Crippen LogP contribution < -0.4 is 0 Å². The lowest BCUT2D eigenvalue weighted by Gasteiger charge is -2.04. The summed E-state index contributed by atoms with van der Waals surface area (Å²) in [5, 5.41) is 0. The molecule has 0 N–H and O–H groups in total. The zero-order chi connectivity index (χ0) is 13.5. The first kappa shape index (κ1) is 13.8. The fraction of sp³-hybridized carbons (Fsp3) is 0.143. The van der Waals surface area contributed by atoms with E-state index in [4.69, 9.17) is 4.74 Å². The molecule has 0 radical (unpaired) electrons. The number of carbonyl (C=O) groups excluding carboxylic acids is 1. The highest BCUT2D eigenvalue weighted by Crippen LogP contribution is 2.11. The maximum Gasteiger partial charge on any atom is 0.150 e. The van der Waals surface area contributed by atoms with Gasteiger partial charge in [-0.2, -0.15) is 0 Å². The molecule has 0 aliphatic rings. The Kier molecular flexibility index (Phi) is 4.99. The van der Waals surface area contributed by atoms with Gasteiger partial charge in [0.15, 0.2) is 6.29 Å². The molecule has 1 rings (SSSR count). The normalized spacial score (nSPS) is 12.2. The lowest BCUT2D eigenvalue weighted by molar-refractivity contribution is 0.112. The van der Waals surface area contributed by atoms with E-state index >= 15 is 0 Å². The van der Waals surface area contributed by atoms with Gasteiger partial charge < -0.3 is 4.74 Å². The maximum absolute atomic E-state index is 13.0. The molecule has 0 heterocycles. The number of carbonyl (C=O) groups is 1. The zero-order valence-corrected chi connectivity index (χ0v) is 10.3. The summed E-state index contributed by atoms with van der Waals surface area (Å²) in [4.78, 5) is 15.0. The van der Waals surface area contributed by atoms with Crippen LogP contribution >= 0.6 is 0 Å². The Balaban J connectivity index is 3.14. The molecule has 3 nitrogen and oxygen atoms in total. The lowest BCUT2D eigenvalue weighted by Crippen LogP contribution is -2.00. The van der Waals surface area contributed by atoms with Crippen molar-refractivity contribution in [3.8, 4) is 0 Å². The van der Waals surface area contributed by atoms with Crippen LogP contribution in [0.1, 0.15) is 22.8 Å². The minimum Gasteiger partial charge on any atom is -0.495 e. The predicted octanol–water partition coefficient (Wildman–Crippen LogP) is 3.12. The Morgan fingerprint density at radius 1 is 1.50 bits per heavy atom. The molecule has 0 fully saturated rings. The van der Waals surface area contributed by atoms with Crippen LogP contribution in [0.3, 0.4) is 0 Å². The van der Waals surface area contributed by atoms with Crippen molar-refractivity contribution in [2.45, 2.75) is 6.92 Å². The number of methoxy groups -OCH3 is 1. The topological polar surface area (TPSA) is 38.7 Å². The molecular weight excluding hydrogens is 233 g/mol. The summed E-state index contributed by atoms with van der Waals surface area (Å²) in [5.74, 6) is 0.0528. The van der Waals surface area contributed by atoms with Gasteiger partial charge >= 0.3 is 0 Å². The van der Waals surface area contributed by atoms with Gasteiger partial charge in [0.2, 0.25) is 0 Å². The zero-order valence-electron chi connectivity index (χ0n) is 10.3. The Labute approximate surface area is 105 Å². The largest absolute Gasteiger partial charge is 0.495 e. The summed E-state index contributed by atoms with van der Waals surface area (Å²) in [5.41, 5.74) is 1.44. The summed E-state index contributed by atoms with van der Waals surface area (Å²) in [6.45, 7) is 5.29. The molecule has 0 unspecified atom stereocenters. The molecule has 0 bridgehead atoms. The second-order valence-electron chi connectivity index (χ2n) is 3.50. The number of ether oxygens (including phenoxy) is 1. The molecule has 0 saturated carbocycles. The monoisotopic (exact) mass is 247 g/mol. The average molecular weight is 247 g/mol. The molecule has 0 aliphatic heterocycles. The van der Waals surface area contributed by atoms with E-state index in [2.05, 4.69) is 11.6 Å². The van der Waals surface area contributed by atoms with Crippen LogP contribution in [0.4, 0.5) is 4.39 Å². The van der Waals surface area contributed by atoms with Gasteiger partial charge in [-0.05, 0) is 31.2 Å². The summed E-state index contributed by atoms with van der Waals surface area (Å²) >= 11 is 0. The Morgan fingerprint density at radius 3 is 2.78 bits per heavy atom. The van der Waals surface area contributed by atoms with E-state index in [1.54, 1.807) is 6.92 Å². The van der Waals surface area contributed by atoms with E-state index in [0.717, 1.165) is 0 Å². The minimum absolute atomic E-state index is 0.266. The lowest BCUT2D eigenvalue weighted by atomic mass is 10.0. The number of allylic oxidation sites excluding steroid dienone is 1.